The molecule has 0 aliphatic heterocycles. The van der Waals surface area contributed by atoms with Crippen LogP contribution in [-0.2, 0) is 0 Å². The summed E-state index contributed by atoms with van der Waals surface area (Å²) in [5, 5.41) is 14.5. The molecule has 5 nitrogen and oxygen atoms in total. The number of amides is 1. The number of halogens is 1. The lowest BCUT2D eigenvalue weighted by Crippen LogP contribution is -2.26. The molecule has 2 rings (SSSR count). The van der Waals surface area contributed by atoms with Crippen LogP contribution in [0.3, 0.4) is 0 Å². The number of nitrogens with one attached hydrogen (secondary N) is 2. The lowest BCUT2D eigenvalue weighted by molar-refractivity contribution is 0.0945. The van der Waals surface area contributed by atoms with Gasteiger partial charge in [-0.3, -0.25) is 4.79 Å². The lowest BCUT2D eigenvalue weighted by Gasteiger charge is -2.17. The van der Waals surface area contributed by atoms with Crippen LogP contribution in [0.25, 0.3) is 0 Å². The minimum Gasteiger partial charge on any atom is -0.497 e. The van der Waals surface area contributed by atoms with Crippen molar-refractivity contribution in [1.82, 2.24) is 5.32 Å². The van der Waals surface area contributed by atoms with E-state index < -0.39 is 0 Å². The molecular formula is C18H21FN2O3. The van der Waals surface area contributed by atoms with E-state index in [-0.39, 0.29) is 30.9 Å². The van der Waals surface area contributed by atoms with Crippen LogP contribution in [0.15, 0.2) is 42.5 Å². The van der Waals surface area contributed by atoms with E-state index in [9.17, 15) is 9.18 Å². The molecule has 0 aromatic heterocycles. The molecule has 0 bridgehead atoms. The van der Waals surface area contributed by atoms with E-state index in [1.807, 2.05) is 6.92 Å². The molecule has 0 spiro atoms. The third-order valence-electron chi connectivity index (χ3n) is 3.58. The molecule has 0 aliphatic carbocycles. The Kier molecular flexibility index (Phi) is 6.14. The van der Waals surface area contributed by atoms with Crippen LogP contribution in [-0.4, -0.2) is 31.3 Å². The number of hydrogen-bond acceptors (Lipinski definition) is 4. The number of methoxy groups -OCH3 is 1. The molecule has 0 radical (unpaired) electrons. The first kappa shape index (κ1) is 17.7. The van der Waals surface area contributed by atoms with Crippen LogP contribution in [0.5, 0.6) is 5.75 Å². The Balaban J connectivity index is 2.11. The van der Waals surface area contributed by atoms with Gasteiger partial charge in [0.15, 0.2) is 0 Å². The Bertz CT molecular complexity index is 706. The fourth-order valence-electron chi connectivity index (χ4n) is 2.34. The van der Waals surface area contributed by atoms with Gasteiger partial charge in [0.25, 0.3) is 5.91 Å². The highest BCUT2D eigenvalue weighted by Gasteiger charge is 2.13. The lowest BCUT2D eigenvalue weighted by atomic mass is 10.1. The summed E-state index contributed by atoms with van der Waals surface area (Å²) in [6, 6.07) is 11.3. The van der Waals surface area contributed by atoms with Gasteiger partial charge in [0.1, 0.15) is 11.6 Å². The fourth-order valence-corrected chi connectivity index (χ4v) is 2.34. The molecule has 0 fully saturated rings. The number of aliphatic hydroxyl groups excluding tert-OH is 1. The topological polar surface area (TPSA) is 70.6 Å². The Morgan fingerprint density at radius 2 is 2.08 bits per heavy atom. The van der Waals surface area contributed by atoms with E-state index in [0.717, 1.165) is 0 Å². The van der Waals surface area contributed by atoms with Crippen molar-refractivity contribution in [3.63, 3.8) is 0 Å². The molecule has 1 amide bonds. The van der Waals surface area contributed by atoms with Crippen molar-refractivity contribution in [2.75, 3.05) is 25.6 Å². The predicted molar refractivity (Wildman–Crippen MR) is 90.9 cm³/mol. The number of benzene rings is 2. The van der Waals surface area contributed by atoms with Gasteiger partial charge in [0.2, 0.25) is 0 Å². The summed E-state index contributed by atoms with van der Waals surface area (Å²) in [5.74, 6) is -0.159. The number of anilines is 1. The van der Waals surface area contributed by atoms with Crippen LogP contribution < -0.4 is 15.4 Å². The van der Waals surface area contributed by atoms with E-state index in [1.54, 1.807) is 36.4 Å². The number of carbonyl (C=O) groups excluding carboxylic acids is 1. The third-order valence-corrected chi connectivity index (χ3v) is 3.58. The molecule has 3 N–H and O–H groups in total. The average Bonchev–Trinajstić information content (AvgIpc) is 2.59. The van der Waals surface area contributed by atoms with Gasteiger partial charge in [-0.15, -0.1) is 0 Å². The first-order chi connectivity index (χ1) is 11.5. The minimum absolute atomic E-state index is 0.114. The van der Waals surface area contributed by atoms with Crippen molar-refractivity contribution in [3.8, 4) is 5.75 Å². The van der Waals surface area contributed by atoms with Gasteiger partial charge in [-0.25, -0.2) is 4.39 Å². The third kappa shape index (κ3) is 4.45. The molecule has 1 atom stereocenters. The number of carbonyl (C=O) groups is 1. The average molecular weight is 332 g/mol. The van der Waals surface area contributed by atoms with Gasteiger partial charge in [-0.05, 0) is 31.2 Å². The fraction of sp³-hybridized carbons (Fsp3) is 0.278. The first-order valence-electron chi connectivity index (χ1n) is 7.64. The largest absolute Gasteiger partial charge is 0.497 e. The van der Waals surface area contributed by atoms with Crippen LogP contribution in [0.4, 0.5) is 10.1 Å². The van der Waals surface area contributed by atoms with E-state index in [0.29, 0.717) is 22.6 Å². The molecule has 0 saturated carbocycles. The van der Waals surface area contributed by atoms with Crippen molar-refractivity contribution < 1.29 is 19.0 Å². The molecule has 2 aromatic carbocycles. The summed E-state index contributed by atoms with van der Waals surface area (Å²) in [6.45, 7) is 1.92. The number of rotatable bonds is 7. The standard InChI is InChI=1S/C18H21FN2O3/c1-12(16-7-6-15(24-2)11-17(16)19)21-14-5-3-4-13(10-14)18(23)20-8-9-22/h3-7,10-12,21-22H,8-9H2,1-2H3,(H,20,23). The van der Waals surface area contributed by atoms with Crippen LogP contribution in [0, 0.1) is 5.82 Å². The molecule has 2 aromatic rings. The number of ether oxygens (including phenoxy) is 1. The molecule has 128 valence electrons. The van der Waals surface area contributed by atoms with E-state index >= 15 is 0 Å². The first-order valence-corrected chi connectivity index (χ1v) is 7.64. The summed E-state index contributed by atoms with van der Waals surface area (Å²) < 4.78 is 19.1. The van der Waals surface area contributed by atoms with Gasteiger partial charge in [-0.2, -0.15) is 0 Å². The quantitative estimate of drug-likeness (QED) is 0.729. The number of aliphatic hydroxyl groups is 1. The van der Waals surface area contributed by atoms with Gasteiger partial charge < -0.3 is 20.5 Å². The highest BCUT2D eigenvalue weighted by atomic mass is 19.1. The molecule has 6 heteroatoms. The maximum atomic E-state index is 14.1. The molecular weight excluding hydrogens is 311 g/mol. The van der Waals surface area contributed by atoms with Crippen molar-refractivity contribution in [2.45, 2.75) is 13.0 Å². The zero-order chi connectivity index (χ0) is 17.5. The Hall–Kier alpha value is -2.60. The Morgan fingerprint density at radius 3 is 2.75 bits per heavy atom. The second kappa shape index (κ2) is 8.31. The molecule has 1 unspecified atom stereocenters. The van der Waals surface area contributed by atoms with Crippen LogP contribution >= 0.6 is 0 Å². The molecule has 24 heavy (non-hydrogen) atoms. The second-order valence-corrected chi connectivity index (χ2v) is 5.31. The van der Waals surface area contributed by atoms with Gasteiger partial charge in [0, 0.05) is 29.4 Å². The predicted octanol–water partition coefficient (Wildman–Crippen LogP) is 2.73. The molecule has 0 heterocycles. The van der Waals surface area contributed by atoms with E-state index in [1.165, 1.54) is 13.2 Å². The molecule has 0 saturated heterocycles. The van der Waals surface area contributed by atoms with Crippen molar-refractivity contribution in [1.29, 1.82) is 0 Å². The maximum Gasteiger partial charge on any atom is 0.251 e. The van der Waals surface area contributed by atoms with E-state index in [2.05, 4.69) is 10.6 Å². The second-order valence-electron chi connectivity index (χ2n) is 5.31. The Morgan fingerprint density at radius 1 is 1.29 bits per heavy atom. The highest BCUT2D eigenvalue weighted by Crippen LogP contribution is 2.25. The van der Waals surface area contributed by atoms with Crippen molar-refractivity contribution in [2.24, 2.45) is 0 Å². The SMILES string of the molecule is COc1ccc(C(C)Nc2cccc(C(=O)NCCO)c2)c(F)c1. The zero-order valence-corrected chi connectivity index (χ0v) is 13.7. The van der Waals surface area contributed by atoms with Crippen molar-refractivity contribution in [3.05, 3.63) is 59.4 Å². The smallest absolute Gasteiger partial charge is 0.251 e. The normalized spacial score (nSPS) is 11.7. The van der Waals surface area contributed by atoms with Gasteiger partial charge in [0.05, 0.1) is 19.8 Å². The highest BCUT2D eigenvalue weighted by molar-refractivity contribution is 5.95. The van der Waals surface area contributed by atoms with Crippen LogP contribution in [0.1, 0.15) is 28.9 Å². The van der Waals surface area contributed by atoms with Gasteiger partial charge in [-0.1, -0.05) is 12.1 Å². The summed E-state index contributed by atoms with van der Waals surface area (Å²) in [7, 11) is 1.49. The summed E-state index contributed by atoms with van der Waals surface area (Å²) in [6.07, 6.45) is 0. The van der Waals surface area contributed by atoms with Crippen molar-refractivity contribution >= 4 is 11.6 Å². The number of hydrogen-bond donors (Lipinski definition) is 3. The molecule has 0 aliphatic rings. The zero-order valence-electron chi connectivity index (χ0n) is 13.7. The van der Waals surface area contributed by atoms with E-state index in [4.69, 9.17) is 9.84 Å². The summed E-state index contributed by atoms with van der Waals surface area (Å²) in [4.78, 5) is 11.9. The summed E-state index contributed by atoms with van der Waals surface area (Å²) in [5.41, 5.74) is 1.68. The van der Waals surface area contributed by atoms with Gasteiger partial charge >= 0.3 is 0 Å². The summed E-state index contributed by atoms with van der Waals surface area (Å²) >= 11 is 0. The minimum atomic E-state index is -0.355. The maximum absolute atomic E-state index is 14.1. The Labute approximate surface area is 140 Å². The monoisotopic (exact) mass is 332 g/mol. The van der Waals surface area contributed by atoms with Crippen LogP contribution in [0.2, 0.25) is 0 Å².